The van der Waals surface area contributed by atoms with Crippen LogP contribution in [-0.2, 0) is 19.3 Å². The predicted molar refractivity (Wildman–Crippen MR) is 69.0 cm³/mol. The Hall–Kier alpha value is -1.65. The van der Waals surface area contributed by atoms with Crippen molar-refractivity contribution in [3.8, 4) is 0 Å². The zero-order valence-corrected chi connectivity index (χ0v) is 11.1. The molecule has 0 saturated heterocycles. The van der Waals surface area contributed by atoms with Gasteiger partial charge in [-0.05, 0) is 33.1 Å². The van der Waals surface area contributed by atoms with Crippen molar-refractivity contribution in [1.82, 2.24) is 19.2 Å². The van der Waals surface area contributed by atoms with Crippen molar-refractivity contribution in [3.05, 3.63) is 27.6 Å². The van der Waals surface area contributed by atoms with Gasteiger partial charge in [-0.25, -0.2) is 18.9 Å². The average molecular weight is 246 g/mol. The summed E-state index contributed by atoms with van der Waals surface area (Å²) in [7, 11) is 0. The van der Waals surface area contributed by atoms with Crippen LogP contribution in [0, 0.1) is 0 Å². The summed E-state index contributed by atoms with van der Waals surface area (Å²) in [6.07, 6.45) is 3.88. The topological polar surface area (TPSA) is 52.2 Å². The third-order valence-electron chi connectivity index (χ3n) is 3.59. The molecule has 0 saturated carbocycles. The molecule has 96 valence electrons. The first kappa shape index (κ1) is 11.4. The first-order valence-electron chi connectivity index (χ1n) is 6.65. The van der Waals surface area contributed by atoms with E-state index in [1.807, 2.05) is 20.8 Å². The summed E-state index contributed by atoms with van der Waals surface area (Å²) in [5, 5.41) is 4.52. The Morgan fingerprint density at radius 1 is 1.33 bits per heavy atom. The first-order valence-corrected chi connectivity index (χ1v) is 6.65. The highest BCUT2D eigenvalue weighted by molar-refractivity contribution is 5.51. The van der Waals surface area contributed by atoms with Crippen LogP contribution in [0.25, 0.3) is 5.65 Å². The van der Waals surface area contributed by atoms with Crippen molar-refractivity contribution in [2.75, 3.05) is 0 Å². The molecule has 0 unspecified atom stereocenters. The van der Waals surface area contributed by atoms with E-state index in [1.54, 1.807) is 9.08 Å². The van der Waals surface area contributed by atoms with Crippen LogP contribution in [0.15, 0.2) is 4.79 Å². The van der Waals surface area contributed by atoms with Gasteiger partial charge >= 0.3 is 5.69 Å². The first-order chi connectivity index (χ1) is 8.63. The summed E-state index contributed by atoms with van der Waals surface area (Å²) >= 11 is 0. The van der Waals surface area contributed by atoms with E-state index in [1.165, 1.54) is 5.56 Å². The smallest absolute Gasteiger partial charge is 0.245 e. The SMILES string of the molecule is CCc1nc2c(c3nn(C(C)C)c(=O)n13)CCC2. The summed E-state index contributed by atoms with van der Waals surface area (Å²) in [5.74, 6) is 0.836. The van der Waals surface area contributed by atoms with Crippen LogP contribution >= 0.6 is 0 Å². The van der Waals surface area contributed by atoms with Crippen molar-refractivity contribution in [3.63, 3.8) is 0 Å². The molecule has 0 aromatic carbocycles. The van der Waals surface area contributed by atoms with Crippen LogP contribution in [0.3, 0.4) is 0 Å². The molecule has 1 aliphatic rings. The van der Waals surface area contributed by atoms with Gasteiger partial charge in [0.05, 0.1) is 6.04 Å². The fourth-order valence-electron chi connectivity index (χ4n) is 2.68. The monoisotopic (exact) mass is 246 g/mol. The van der Waals surface area contributed by atoms with Crippen LogP contribution < -0.4 is 5.69 Å². The van der Waals surface area contributed by atoms with Crippen LogP contribution in [0.2, 0.25) is 0 Å². The van der Waals surface area contributed by atoms with E-state index < -0.39 is 0 Å². The molecule has 0 N–H and O–H groups in total. The molecule has 0 amide bonds. The fourth-order valence-corrected chi connectivity index (χ4v) is 2.68. The van der Waals surface area contributed by atoms with Crippen LogP contribution in [0.1, 0.15) is 50.3 Å². The lowest BCUT2D eigenvalue weighted by Crippen LogP contribution is -2.24. The predicted octanol–water partition coefficient (Wildman–Crippen LogP) is 1.52. The van der Waals surface area contributed by atoms with Gasteiger partial charge in [0.1, 0.15) is 5.82 Å². The number of hydrogen-bond donors (Lipinski definition) is 0. The minimum Gasteiger partial charge on any atom is -0.245 e. The molecule has 0 aliphatic heterocycles. The largest absolute Gasteiger partial charge is 0.352 e. The maximum absolute atomic E-state index is 12.4. The lowest BCUT2D eigenvalue weighted by Gasteiger charge is -2.04. The molecule has 5 heteroatoms. The number of hydrogen-bond acceptors (Lipinski definition) is 3. The third kappa shape index (κ3) is 1.43. The second kappa shape index (κ2) is 3.93. The van der Waals surface area contributed by atoms with Crippen molar-refractivity contribution < 1.29 is 0 Å². The van der Waals surface area contributed by atoms with Crippen molar-refractivity contribution in [2.24, 2.45) is 0 Å². The van der Waals surface area contributed by atoms with E-state index in [0.29, 0.717) is 0 Å². The maximum Gasteiger partial charge on any atom is 0.352 e. The molecule has 18 heavy (non-hydrogen) atoms. The minimum atomic E-state index is -0.0564. The van der Waals surface area contributed by atoms with E-state index in [9.17, 15) is 4.79 Å². The van der Waals surface area contributed by atoms with Gasteiger partial charge in [-0.15, -0.1) is 5.10 Å². The highest BCUT2D eigenvalue weighted by Crippen LogP contribution is 2.24. The summed E-state index contributed by atoms with van der Waals surface area (Å²) in [6, 6.07) is 0.0826. The van der Waals surface area contributed by atoms with E-state index in [0.717, 1.165) is 42.8 Å². The van der Waals surface area contributed by atoms with E-state index in [4.69, 9.17) is 0 Å². The Bertz CT molecular complexity index is 666. The van der Waals surface area contributed by atoms with Crippen LogP contribution in [-0.4, -0.2) is 19.2 Å². The zero-order chi connectivity index (χ0) is 12.9. The highest BCUT2D eigenvalue weighted by atomic mass is 16.2. The molecule has 0 spiro atoms. The van der Waals surface area contributed by atoms with Crippen molar-refractivity contribution >= 4 is 5.65 Å². The van der Waals surface area contributed by atoms with E-state index >= 15 is 0 Å². The van der Waals surface area contributed by atoms with Crippen molar-refractivity contribution in [2.45, 2.75) is 52.5 Å². The molecule has 2 aromatic heterocycles. The second-order valence-corrected chi connectivity index (χ2v) is 5.14. The van der Waals surface area contributed by atoms with Crippen LogP contribution in [0.5, 0.6) is 0 Å². The van der Waals surface area contributed by atoms with Crippen molar-refractivity contribution in [1.29, 1.82) is 0 Å². The lowest BCUT2D eigenvalue weighted by molar-refractivity contribution is 0.513. The van der Waals surface area contributed by atoms with Gasteiger partial charge in [-0.3, -0.25) is 0 Å². The van der Waals surface area contributed by atoms with E-state index in [-0.39, 0.29) is 11.7 Å². The Balaban J connectivity index is 2.43. The third-order valence-corrected chi connectivity index (χ3v) is 3.59. The van der Waals surface area contributed by atoms with E-state index in [2.05, 4.69) is 10.1 Å². The second-order valence-electron chi connectivity index (χ2n) is 5.14. The van der Waals surface area contributed by atoms with Gasteiger partial charge in [-0.1, -0.05) is 6.92 Å². The molecule has 3 rings (SSSR count). The highest BCUT2D eigenvalue weighted by Gasteiger charge is 2.22. The summed E-state index contributed by atoms with van der Waals surface area (Å²) in [5.41, 5.74) is 3.08. The quantitative estimate of drug-likeness (QED) is 0.807. The maximum atomic E-state index is 12.4. The zero-order valence-electron chi connectivity index (χ0n) is 11.1. The number of rotatable bonds is 2. The summed E-state index contributed by atoms with van der Waals surface area (Å²) in [6.45, 7) is 5.99. The van der Waals surface area contributed by atoms with Gasteiger partial charge < -0.3 is 0 Å². The summed E-state index contributed by atoms with van der Waals surface area (Å²) < 4.78 is 3.26. The number of aromatic nitrogens is 4. The normalized spacial score (nSPS) is 14.7. The molecule has 2 heterocycles. The Morgan fingerprint density at radius 2 is 2.11 bits per heavy atom. The molecule has 0 bridgehead atoms. The molecule has 0 fully saturated rings. The molecule has 1 aliphatic carbocycles. The number of aryl methyl sites for hydroxylation is 3. The van der Waals surface area contributed by atoms with Gasteiger partial charge in [0.25, 0.3) is 0 Å². The molecular weight excluding hydrogens is 228 g/mol. The Kier molecular flexibility index (Phi) is 2.50. The lowest BCUT2D eigenvalue weighted by atomic mass is 10.2. The molecule has 0 atom stereocenters. The standard InChI is InChI=1S/C13H18N4O/c1-4-11-14-10-7-5-6-9(10)12-15-17(8(2)3)13(18)16(11)12/h8H,4-7H2,1-3H3. The molecular formula is C13H18N4O. The molecule has 0 radical (unpaired) electrons. The number of nitrogens with zero attached hydrogens (tertiary/aromatic N) is 4. The Labute approximate surface area is 105 Å². The van der Waals surface area contributed by atoms with Gasteiger partial charge in [0.2, 0.25) is 0 Å². The minimum absolute atomic E-state index is 0.0564. The van der Waals surface area contributed by atoms with Gasteiger partial charge in [0.15, 0.2) is 5.65 Å². The summed E-state index contributed by atoms with van der Waals surface area (Å²) in [4.78, 5) is 17.0. The van der Waals surface area contributed by atoms with Gasteiger partial charge in [-0.2, -0.15) is 0 Å². The molecule has 5 nitrogen and oxygen atoms in total. The average Bonchev–Trinajstić information content (AvgIpc) is 2.92. The Morgan fingerprint density at radius 3 is 2.78 bits per heavy atom. The van der Waals surface area contributed by atoms with Crippen LogP contribution in [0.4, 0.5) is 0 Å². The number of fused-ring (bicyclic) bond motifs is 3. The van der Waals surface area contributed by atoms with Gasteiger partial charge in [0, 0.05) is 17.7 Å². The molecule has 2 aromatic rings. The fraction of sp³-hybridized carbons (Fsp3) is 0.615.